The van der Waals surface area contributed by atoms with Crippen LogP contribution in [0.3, 0.4) is 0 Å². The fourth-order valence-corrected chi connectivity index (χ4v) is 1.80. The summed E-state index contributed by atoms with van der Waals surface area (Å²) in [5, 5.41) is 0.507. The number of hydrogen-bond acceptors (Lipinski definition) is 3. The molecule has 0 unspecified atom stereocenters. The lowest BCUT2D eigenvalue weighted by Crippen LogP contribution is -2.36. The number of hydrogen-bond donors (Lipinski definition) is 0. The molecule has 0 bridgehead atoms. The Bertz CT molecular complexity index is 329. The van der Waals surface area contributed by atoms with Gasteiger partial charge in [0.15, 0.2) is 0 Å². The number of rotatable bonds is 2. The quantitative estimate of drug-likeness (QED) is 0.777. The zero-order valence-electron chi connectivity index (χ0n) is 7.93. The highest BCUT2D eigenvalue weighted by atomic mass is 79.9. The van der Waals surface area contributed by atoms with Gasteiger partial charge in [0.1, 0.15) is 11.0 Å². The van der Waals surface area contributed by atoms with Gasteiger partial charge in [-0.05, 0) is 42.4 Å². The van der Waals surface area contributed by atoms with Gasteiger partial charge in [0.25, 0.3) is 0 Å². The summed E-state index contributed by atoms with van der Waals surface area (Å²) in [5.41, 5.74) is 0.903. The van der Waals surface area contributed by atoms with Crippen LogP contribution >= 0.6 is 27.5 Å². The Labute approximate surface area is 96.6 Å². The first-order valence-corrected chi connectivity index (χ1v) is 5.75. The Morgan fingerprint density at radius 3 is 2.64 bits per heavy atom. The average Bonchev–Trinajstić information content (AvgIpc) is 2.07. The topological polar surface area (TPSA) is 29.0 Å². The molecule has 1 aromatic heterocycles. The van der Waals surface area contributed by atoms with Gasteiger partial charge < -0.3 is 0 Å². The highest BCUT2D eigenvalue weighted by molar-refractivity contribution is 9.10. The van der Waals surface area contributed by atoms with Crippen molar-refractivity contribution >= 4 is 27.5 Å². The van der Waals surface area contributed by atoms with Gasteiger partial charge in [0, 0.05) is 0 Å². The largest absolute Gasteiger partial charge is 0.296 e. The second-order valence-corrected chi connectivity index (χ2v) is 4.61. The van der Waals surface area contributed by atoms with Gasteiger partial charge in [0.2, 0.25) is 0 Å². The predicted molar refractivity (Wildman–Crippen MR) is 59.4 cm³/mol. The van der Waals surface area contributed by atoms with E-state index in [1.165, 1.54) is 6.42 Å². The molecule has 0 radical (unpaired) electrons. The van der Waals surface area contributed by atoms with Crippen LogP contribution in [-0.4, -0.2) is 28.0 Å². The molecule has 0 aromatic carbocycles. The molecule has 14 heavy (non-hydrogen) atoms. The standard InChI is InChI=1S/C9H11BrClN3/c1-6-8(10)9(11)13-7(12-6)5-14-3-2-4-14/h2-5H2,1H3. The van der Waals surface area contributed by atoms with E-state index in [0.717, 1.165) is 35.6 Å². The van der Waals surface area contributed by atoms with E-state index >= 15 is 0 Å². The molecule has 2 rings (SSSR count). The first-order valence-electron chi connectivity index (χ1n) is 4.57. The molecule has 1 saturated heterocycles. The van der Waals surface area contributed by atoms with Crippen molar-refractivity contribution in [2.75, 3.05) is 13.1 Å². The third-order valence-corrected chi connectivity index (χ3v) is 3.79. The molecular weight excluding hydrogens is 265 g/mol. The van der Waals surface area contributed by atoms with Crippen molar-refractivity contribution in [3.05, 3.63) is 21.1 Å². The fraction of sp³-hybridized carbons (Fsp3) is 0.556. The van der Waals surface area contributed by atoms with Crippen LogP contribution in [0.5, 0.6) is 0 Å². The molecule has 0 aliphatic carbocycles. The minimum absolute atomic E-state index is 0.507. The summed E-state index contributed by atoms with van der Waals surface area (Å²) in [4.78, 5) is 10.9. The van der Waals surface area contributed by atoms with Gasteiger partial charge >= 0.3 is 0 Å². The van der Waals surface area contributed by atoms with Gasteiger partial charge in [0.05, 0.1) is 16.7 Å². The molecule has 1 aromatic rings. The van der Waals surface area contributed by atoms with Crippen molar-refractivity contribution in [1.82, 2.24) is 14.9 Å². The molecule has 3 nitrogen and oxygen atoms in total. The molecular formula is C9H11BrClN3. The Balaban J connectivity index is 2.17. The summed E-state index contributed by atoms with van der Waals surface area (Å²) in [7, 11) is 0. The maximum Gasteiger partial charge on any atom is 0.147 e. The van der Waals surface area contributed by atoms with E-state index in [1.807, 2.05) is 6.92 Å². The van der Waals surface area contributed by atoms with Crippen LogP contribution in [0.1, 0.15) is 17.9 Å². The summed E-state index contributed by atoms with van der Waals surface area (Å²) in [6, 6.07) is 0. The van der Waals surface area contributed by atoms with Crippen molar-refractivity contribution in [3.63, 3.8) is 0 Å². The van der Waals surface area contributed by atoms with Gasteiger partial charge in [-0.2, -0.15) is 0 Å². The predicted octanol–water partition coefficient (Wildman–Crippen LogP) is 2.41. The molecule has 0 atom stereocenters. The van der Waals surface area contributed by atoms with Crippen molar-refractivity contribution < 1.29 is 0 Å². The van der Waals surface area contributed by atoms with Crippen molar-refractivity contribution in [3.8, 4) is 0 Å². The Morgan fingerprint density at radius 1 is 1.43 bits per heavy atom. The lowest BCUT2D eigenvalue weighted by Gasteiger charge is -2.29. The van der Waals surface area contributed by atoms with Gasteiger partial charge in [-0.15, -0.1) is 0 Å². The molecule has 1 fully saturated rings. The minimum Gasteiger partial charge on any atom is -0.296 e. The Kier molecular flexibility index (Phi) is 3.04. The van der Waals surface area contributed by atoms with E-state index in [9.17, 15) is 0 Å². The van der Waals surface area contributed by atoms with Crippen LogP contribution in [0.15, 0.2) is 4.47 Å². The van der Waals surface area contributed by atoms with Crippen LogP contribution in [0.4, 0.5) is 0 Å². The van der Waals surface area contributed by atoms with E-state index in [-0.39, 0.29) is 0 Å². The zero-order valence-corrected chi connectivity index (χ0v) is 10.3. The normalized spacial score (nSPS) is 16.8. The second kappa shape index (κ2) is 4.13. The maximum atomic E-state index is 5.95. The van der Waals surface area contributed by atoms with E-state index in [4.69, 9.17) is 11.6 Å². The average molecular weight is 277 g/mol. The summed E-state index contributed by atoms with van der Waals surface area (Å²) < 4.78 is 0.798. The monoisotopic (exact) mass is 275 g/mol. The maximum absolute atomic E-state index is 5.95. The molecule has 1 aliphatic heterocycles. The lowest BCUT2D eigenvalue weighted by molar-refractivity contribution is 0.168. The molecule has 76 valence electrons. The Morgan fingerprint density at radius 2 is 2.14 bits per heavy atom. The van der Waals surface area contributed by atoms with Crippen molar-refractivity contribution in [1.29, 1.82) is 0 Å². The molecule has 2 heterocycles. The van der Waals surface area contributed by atoms with E-state index in [2.05, 4.69) is 30.8 Å². The molecule has 0 spiro atoms. The second-order valence-electron chi connectivity index (χ2n) is 3.46. The number of aromatic nitrogens is 2. The summed E-state index contributed by atoms with van der Waals surface area (Å²) in [6.45, 7) is 5.04. The highest BCUT2D eigenvalue weighted by Gasteiger charge is 2.16. The number of aryl methyl sites for hydroxylation is 1. The molecule has 0 amide bonds. The lowest BCUT2D eigenvalue weighted by atomic mass is 10.2. The number of nitrogens with zero attached hydrogens (tertiary/aromatic N) is 3. The summed E-state index contributed by atoms with van der Waals surface area (Å²) in [6.07, 6.45) is 1.28. The molecule has 5 heteroatoms. The van der Waals surface area contributed by atoms with Crippen LogP contribution in [-0.2, 0) is 6.54 Å². The third-order valence-electron chi connectivity index (χ3n) is 2.34. The third kappa shape index (κ3) is 2.07. The molecule has 0 saturated carbocycles. The summed E-state index contributed by atoms with van der Waals surface area (Å²) in [5.74, 6) is 0.815. The Hall–Kier alpha value is -0.190. The van der Waals surface area contributed by atoms with Gasteiger partial charge in [-0.1, -0.05) is 11.6 Å². The van der Waals surface area contributed by atoms with E-state index < -0.39 is 0 Å². The van der Waals surface area contributed by atoms with E-state index in [0.29, 0.717) is 5.15 Å². The fourth-order valence-electron chi connectivity index (χ4n) is 1.39. The number of halogens is 2. The SMILES string of the molecule is Cc1nc(CN2CCC2)nc(Cl)c1Br. The highest BCUT2D eigenvalue weighted by Crippen LogP contribution is 2.23. The minimum atomic E-state index is 0.507. The van der Waals surface area contributed by atoms with Crippen LogP contribution in [0.25, 0.3) is 0 Å². The van der Waals surface area contributed by atoms with Gasteiger partial charge in [-0.25, -0.2) is 9.97 Å². The van der Waals surface area contributed by atoms with Crippen LogP contribution in [0, 0.1) is 6.92 Å². The van der Waals surface area contributed by atoms with Crippen molar-refractivity contribution in [2.45, 2.75) is 19.9 Å². The van der Waals surface area contributed by atoms with Crippen LogP contribution < -0.4 is 0 Å². The van der Waals surface area contributed by atoms with E-state index in [1.54, 1.807) is 0 Å². The van der Waals surface area contributed by atoms with Crippen molar-refractivity contribution in [2.24, 2.45) is 0 Å². The molecule has 1 aliphatic rings. The first kappa shape index (κ1) is 10.3. The van der Waals surface area contributed by atoms with Gasteiger partial charge in [-0.3, -0.25) is 4.90 Å². The number of likely N-dealkylation sites (tertiary alicyclic amines) is 1. The smallest absolute Gasteiger partial charge is 0.147 e. The first-order chi connectivity index (χ1) is 6.66. The zero-order chi connectivity index (χ0) is 10.1. The van der Waals surface area contributed by atoms with Crippen LogP contribution in [0.2, 0.25) is 5.15 Å². The summed E-state index contributed by atoms with van der Waals surface area (Å²) >= 11 is 9.29. The molecule has 0 N–H and O–H groups in total.